The van der Waals surface area contributed by atoms with E-state index < -0.39 is 6.04 Å². The first kappa shape index (κ1) is 27.0. The summed E-state index contributed by atoms with van der Waals surface area (Å²) in [6.45, 7) is 6.33. The Balaban J connectivity index is 1.55. The normalized spacial score (nSPS) is 18.0. The fourth-order valence-electron chi connectivity index (χ4n) is 4.46. The molecule has 198 valence electrons. The molecule has 8 nitrogen and oxygen atoms in total. The standard InChI is InChI=1S/C27H33ClFN5O3/c1-2-11-30-27(36)33(13-12-32-14-16-37-17-15-32)19-26(35)34-25(20-7-9-21(29)10-8-20)18-24(31-34)22-5-3-4-6-23(22)28/h3-10,25H,2,11-19H2,1H3,(H,30,36)/t25-/m1/s1. The van der Waals surface area contributed by atoms with Crippen molar-refractivity contribution in [2.24, 2.45) is 5.10 Å². The van der Waals surface area contributed by atoms with Gasteiger partial charge in [-0.15, -0.1) is 0 Å². The monoisotopic (exact) mass is 529 g/mol. The van der Waals surface area contributed by atoms with E-state index in [-0.39, 0.29) is 24.3 Å². The SMILES string of the molecule is CCCNC(=O)N(CCN1CCOCC1)CC(=O)N1N=C(c2ccccc2Cl)C[C@@H]1c1ccc(F)cc1. The van der Waals surface area contributed by atoms with Crippen molar-refractivity contribution in [2.45, 2.75) is 25.8 Å². The van der Waals surface area contributed by atoms with E-state index in [1.807, 2.05) is 25.1 Å². The summed E-state index contributed by atoms with van der Waals surface area (Å²) in [6.07, 6.45) is 1.22. The van der Waals surface area contributed by atoms with Gasteiger partial charge < -0.3 is 15.0 Å². The number of morpholine rings is 1. The number of ether oxygens (including phenoxy) is 1. The molecule has 1 atom stereocenters. The van der Waals surface area contributed by atoms with Crippen LogP contribution in [0, 0.1) is 5.82 Å². The number of amides is 3. The molecule has 0 spiro atoms. The maximum atomic E-state index is 13.7. The number of nitrogens with one attached hydrogen (secondary N) is 1. The summed E-state index contributed by atoms with van der Waals surface area (Å²) in [7, 11) is 0. The first-order valence-electron chi connectivity index (χ1n) is 12.7. The van der Waals surface area contributed by atoms with Crippen molar-refractivity contribution in [3.05, 3.63) is 70.5 Å². The van der Waals surface area contributed by atoms with Gasteiger partial charge in [-0.05, 0) is 30.2 Å². The van der Waals surface area contributed by atoms with Gasteiger partial charge in [0.1, 0.15) is 12.4 Å². The predicted molar refractivity (Wildman–Crippen MR) is 141 cm³/mol. The number of hydrogen-bond acceptors (Lipinski definition) is 5. The van der Waals surface area contributed by atoms with Gasteiger partial charge >= 0.3 is 6.03 Å². The smallest absolute Gasteiger partial charge is 0.317 e. The highest BCUT2D eigenvalue weighted by Crippen LogP contribution is 2.34. The van der Waals surface area contributed by atoms with Crippen molar-refractivity contribution >= 4 is 29.3 Å². The first-order valence-corrected chi connectivity index (χ1v) is 13.1. The largest absolute Gasteiger partial charge is 0.379 e. The third-order valence-electron chi connectivity index (χ3n) is 6.53. The van der Waals surface area contributed by atoms with E-state index in [1.54, 1.807) is 18.2 Å². The molecule has 3 amide bonds. The van der Waals surface area contributed by atoms with Crippen molar-refractivity contribution in [1.29, 1.82) is 0 Å². The Morgan fingerprint density at radius 1 is 1.16 bits per heavy atom. The molecule has 2 aliphatic heterocycles. The van der Waals surface area contributed by atoms with Crippen LogP contribution in [-0.4, -0.2) is 84.9 Å². The summed E-state index contributed by atoms with van der Waals surface area (Å²) >= 11 is 6.43. The van der Waals surface area contributed by atoms with Gasteiger partial charge in [0.05, 0.1) is 25.0 Å². The molecule has 2 aliphatic rings. The quantitative estimate of drug-likeness (QED) is 0.534. The van der Waals surface area contributed by atoms with Crippen LogP contribution in [0.1, 0.15) is 36.9 Å². The molecule has 1 fully saturated rings. The van der Waals surface area contributed by atoms with Gasteiger partial charge in [0.2, 0.25) is 0 Å². The Labute approximate surface area is 222 Å². The molecule has 2 aromatic rings. The fraction of sp³-hybridized carbons (Fsp3) is 0.444. The van der Waals surface area contributed by atoms with E-state index in [9.17, 15) is 14.0 Å². The maximum Gasteiger partial charge on any atom is 0.317 e. The van der Waals surface area contributed by atoms with Crippen LogP contribution >= 0.6 is 11.6 Å². The summed E-state index contributed by atoms with van der Waals surface area (Å²) in [5.41, 5.74) is 2.18. The minimum Gasteiger partial charge on any atom is -0.379 e. The van der Waals surface area contributed by atoms with E-state index in [1.165, 1.54) is 22.0 Å². The van der Waals surface area contributed by atoms with Crippen LogP contribution in [0.3, 0.4) is 0 Å². The lowest BCUT2D eigenvalue weighted by atomic mass is 9.98. The molecule has 0 saturated carbocycles. The molecule has 37 heavy (non-hydrogen) atoms. The highest BCUT2D eigenvalue weighted by Gasteiger charge is 2.35. The molecule has 1 N–H and O–H groups in total. The van der Waals surface area contributed by atoms with Gasteiger partial charge in [-0.2, -0.15) is 5.10 Å². The number of hydrazone groups is 1. The zero-order valence-corrected chi connectivity index (χ0v) is 21.8. The van der Waals surface area contributed by atoms with Gasteiger partial charge in [-0.1, -0.05) is 48.9 Å². The van der Waals surface area contributed by atoms with E-state index in [2.05, 4.69) is 15.3 Å². The minimum atomic E-state index is -0.431. The van der Waals surface area contributed by atoms with Crippen LogP contribution < -0.4 is 5.32 Å². The van der Waals surface area contributed by atoms with Gasteiger partial charge in [0.25, 0.3) is 5.91 Å². The molecule has 0 bridgehead atoms. The van der Waals surface area contributed by atoms with Crippen molar-refractivity contribution in [3.63, 3.8) is 0 Å². The third-order valence-corrected chi connectivity index (χ3v) is 6.86. The van der Waals surface area contributed by atoms with E-state index in [0.717, 1.165) is 30.6 Å². The fourth-order valence-corrected chi connectivity index (χ4v) is 4.71. The Bertz CT molecular complexity index is 1110. The number of benzene rings is 2. The highest BCUT2D eigenvalue weighted by molar-refractivity contribution is 6.34. The van der Waals surface area contributed by atoms with Crippen LogP contribution in [0.15, 0.2) is 53.6 Å². The second-order valence-corrected chi connectivity index (χ2v) is 9.55. The zero-order valence-electron chi connectivity index (χ0n) is 21.0. The summed E-state index contributed by atoms with van der Waals surface area (Å²) in [5.74, 6) is -0.668. The number of rotatable bonds is 9. The van der Waals surface area contributed by atoms with Crippen molar-refractivity contribution < 1.29 is 18.7 Å². The number of nitrogens with zero attached hydrogens (tertiary/aromatic N) is 4. The molecule has 0 unspecified atom stereocenters. The first-order chi connectivity index (χ1) is 18.0. The highest BCUT2D eigenvalue weighted by atomic mass is 35.5. The maximum absolute atomic E-state index is 13.7. The van der Waals surface area contributed by atoms with Gasteiger partial charge in [0, 0.05) is 49.7 Å². The zero-order chi connectivity index (χ0) is 26.2. The van der Waals surface area contributed by atoms with Crippen LogP contribution in [0.5, 0.6) is 0 Å². The number of hydrogen-bond donors (Lipinski definition) is 1. The van der Waals surface area contributed by atoms with Crippen LogP contribution in [0.25, 0.3) is 0 Å². The number of halogens is 2. The Hall–Kier alpha value is -3.01. The number of urea groups is 1. The summed E-state index contributed by atoms with van der Waals surface area (Å²) in [6, 6.07) is 12.7. The summed E-state index contributed by atoms with van der Waals surface area (Å²) in [4.78, 5) is 30.4. The average molecular weight is 530 g/mol. The van der Waals surface area contributed by atoms with E-state index in [4.69, 9.17) is 16.3 Å². The Kier molecular flexibility index (Phi) is 9.49. The molecular formula is C27H33ClFN5O3. The molecule has 2 aromatic carbocycles. The second-order valence-electron chi connectivity index (χ2n) is 9.14. The summed E-state index contributed by atoms with van der Waals surface area (Å²) in [5, 5.41) is 9.50. The summed E-state index contributed by atoms with van der Waals surface area (Å²) < 4.78 is 19.0. The molecule has 4 rings (SSSR count). The number of carbonyl (C=O) groups excluding carboxylic acids is 2. The second kappa shape index (κ2) is 13.0. The van der Waals surface area contributed by atoms with Crippen molar-refractivity contribution in [1.82, 2.24) is 20.1 Å². The predicted octanol–water partition coefficient (Wildman–Crippen LogP) is 3.91. The van der Waals surface area contributed by atoms with E-state index >= 15 is 0 Å². The average Bonchev–Trinajstić information content (AvgIpc) is 3.36. The topological polar surface area (TPSA) is 77.5 Å². The van der Waals surface area contributed by atoms with Gasteiger partial charge in [0.15, 0.2) is 0 Å². The Morgan fingerprint density at radius 3 is 2.59 bits per heavy atom. The van der Waals surface area contributed by atoms with Gasteiger partial charge in [-0.3, -0.25) is 9.69 Å². The molecule has 10 heteroatoms. The molecular weight excluding hydrogens is 497 g/mol. The lowest BCUT2D eigenvalue weighted by Crippen LogP contribution is -2.49. The molecule has 1 saturated heterocycles. The third kappa shape index (κ3) is 7.06. The number of carbonyl (C=O) groups is 2. The Morgan fingerprint density at radius 2 is 1.89 bits per heavy atom. The molecule has 2 heterocycles. The minimum absolute atomic E-state index is 0.128. The molecule has 0 radical (unpaired) electrons. The molecule has 0 aromatic heterocycles. The van der Waals surface area contributed by atoms with Crippen LogP contribution in [0.2, 0.25) is 5.02 Å². The van der Waals surface area contributed by atoms with Crippen LogP contribution in [-0.2, 0) is 9.53 Å². The van der Waals surface area contributed by atoms with Crippen molar-refractivity contribution in [2.75, 3.05) is 52.5 Å². The lowest BCUT2D eigenvalue weighted by molar-refractivity contribution is -0.133. The lowest BCUT2D eigenvalue weighted by Gasteiger charge is -2.31. The molecule has 0 aliphatic carbocycles. The van der Waals surface area contributed by atoms with Crippen LogP contribution in [0.4, 0.5) is 9.18 Å². The van der Waals surface area contributed by atoms with E-state index in [0.29, 0.717) is 50.0 Å². The van der Waals surface area contributed by atoms with Gasteiger partial charge in [-0.25, -0.2) is 14.2 Å². The van der Waals surface area contributed by atoms with Crippen molar-refractivity contribution in [3.8, 4) is 0 Å².